The van der Waals surface area contributed by atoms with E-state index < -0.39 is 17.7 Å². The van der Waals surface area contributed by atoms with Gasteiger partial charge in [0.05, 0.1) is 18.5 Å². The highest BCUT2D eigenvalue weighted by Crippen LogP contribution is 2.41. The number of halogens is 1. The number of anilines is 2. The molecule has 1 aliphatic rings. The Hall–Kier alpha value is -2.62. The van der Waals surface area contributed by atoms with Gasteiger partial charge in [0.2, 0.25) is 0 Å². The molecule has 29 heavy (non-hydrogen) atoms. The summed E-state index contributed by atoms with van der Waals surface area (Å²) in [6.07, 6.45) is 0. The van der Waals surface area contributed by atoms with Crippen molar-refractivity contribution in [3.05, 3.63) is 52.5 Å². The highest BCUT2D eigenvalue weighted by Gasteiger charge is 2.52. The molecule has 3 N–H and O–H groups in total. The summed E-state index contributed by atoms with van der Waals surface area (Å²) in [5.41, 5.74) is -1.31. The van der Waals surface area contributed by atoms with E-state index in [1.165, 1.54) is 7.11 Å². The minimum absolute atomic E-state index is 0.261. The van der Waals surface area contributed by atoms with Crippen LogP contribution in [-0.4, -0.2) is 56.2 Å². The van der Waals surface area contributed by atoms with E-state index in [1.54, 1.807) is 42.5 Å². The van der Waals surface area contributed by atoms with Gasteiger partial charge in [-0.25, -0.2) is 4.79 Å². The number of urea groups is 1. The zero-order valence-corrected chi connectivity index (χ0v) is 18.0. The number of carbonyl (C=O) groups excluding carboxylic acids is 2. The van der Waals surface area contributed by atoms with Crippen LogP contribution in [0, 0.1) is 0 Å². The standard InChI is InChI=1S/C20H23BrN4O4/c1-24(2)10-9-22-18(26)20(28)16-11-13(21)7-8-17(16)23-19(27)25(20)14-5-4-6-15(12-14)29-3/h4-8,11-12,28H,9-10H2,1-3H3,(H,22,26)(H,23,27)/t20-/m0/s1. The van der Waals surface area contributed by atoms with Crippen LogP contribution in [0.4, 0.5) is 16.2 Å². The monoisotopic (exact) mass is 462 g/mol. The number of aliphatic hydroxyl groups is 1. The van der Waals surface area contributed by atoms with Gasteiger partial charge in [0.25, 0.3) is 11.6 Å². The fourth-order valence-corrected chi connectivity index (χ4v) is 3.51. The Kier molecular flexibility index (Phi) is 6.11. The molecule has 0 aliphatic carbocycles. The minimum Gasteiger partial charge on any atom is -0.497 e. The fraction of sp³-hybridized carbons (Fsp3) is 0.300. The molecule has 2 aromatic rings. The van der Waals surface area contributed by atoms with E-state index >= 15 is 0 Å². The van der Waals surface area contributed by atoms with Crippen molar-refractivity contribution >= 4 is 39.2 Å². The summed E-state index contributed by atoms with van der Waals surface area (Å²) < 4.78 is 5.90. The summed E-state index contributed by atoms with van der Waals surface area (Å²) in [5, 5.41) is 17.2. The average Bonchev–Trinajstić information content (AvgIpc) is 2.68. The molecule has 3 rings (SSSR count). The number of likely N-dealkylation sites (N-methyl/N-ethyl adjacent to an activating group) is 1. The number of rotatable bonds is 6. The Morgan fingerprint density at radius 3 is 2.76 bits per heavy atom. The van der Waals surface area contributed by atoms with Gasteiger partial charge in [-0.1, -0.05) is 22.0 Å². The summed E-state index contributed by atoms with van der Waals surface area (Å²) in [4.78, 5) is 29.1. The number of carbonyl (C=O) groups is 2. The average molecular weight is 463 g/mol. The predicted octanol–water partition coefficient (Wildman–Crippen LogP) is 2.33. The first kappa shape index (κ1) is 21.1. The second-order valence-corrected chi connectivity index (χ2v) is 7.80. The predicted molar refractivity (Wildman–Crippen MR) is 114 cm³/mol. The van der Waals surface area contributed by atoms with E-state index in [0.29, 0.717) is 34.7 Å². The van der Waals surface area contributed by atoms with Crippen LogP contribution in [0.3, 0.4) is 0 Å². The van der Waals surface area contributed by atoms with Gasteiger partial charge in [0.1, 0.15) is 5.75 Å². The highest BCUT2D eigenvalue weighted by molar-refractivity contribution is 9.10. The van der Waals surface area contributed by atoms with Gasteiger partial charge in [-0.3, -0.25) is 9.69 Å². The van der Waals surface area contributed by atoms with Crippen LogP contribution in [0.15, 0.2) is 46.9 Å². The molecule has 8 nitrogen and oxygen atoms in total. The third-order valence-corrected chi connectivity index (χ3v) is 5.09. The number of ether oxygens (including phenoxy) is 1. The molecular formula is C20H23BrN4O4. The number of fused-ring (bicyclic) bond motifs is 1. The molecule has 154 valence electrons. The number of methoxy groups -OCH3 is 1. The van der Waals surface area contributed by atoms with Gasteiger partial charge in [-0.2, -0.15) is 0 Å². The smallest absolute Gasteiger partial charge is 0.329 e. The Balaban J connectivity index is 2.11. The Bertz CT molecular complexity index is 936. The number of benzene rings is 2. The Labute approximate surface area is 177 Å². The Morgan fingerprint density at radius 2 is 2.07 bits per heavy atom. The number of nitrogens with zero attached hydrogens (tertiary/aromatic N) is 2. The second kappa shape index (κ2) is 8.40. The largest absolute Gasteiger partial charge is 0.497 e. The molecule has 0 aromatic heterocycles. The zero-order valence-electron chi connectivity index (χ0n) is 16.4. The van der Waals surface area contributed by atoms with E-state index in [2.05, 4.69) is 26.6 Å². The lowest BCUT2D eigenvalue weighted by atomic mass is 9.94. The molecule has 2 aromatic carbocycles. The molecule has 0 bridgehead atoms. The number of hydrogen-bond donors (Lipinski definition) is 3. The van der Waals surface area contributed by atoms with E-state index in [4.69, 9.17) is 4.74 Å². The molecule has 0 fully saturated rings. The van der Waals surface area contributed by atoms with Crippen molar-refractivity contribution in [3.8, 4) is 5.75 Å². The van der Waals surface area contributed by atoms with Gasteiger partial charge in [-0.05, 0) is 44.4 Å². The first-order chi connectivity index (χ1) is 13.8. The van der Waals surface area contributed by atoms with Crippen molar-refractivity contribution < 1.29 is 19.4 Å². The van der Waals surface area contributed by atoms with Crippen molar-refractivity contribution in [2.24, 2.45) is 0 Å². The molecule has 0 unspecified atom stereocenters. The quantitative estimate of drug-likeness (QED) is 0.612. The molecule has 1 heterocycles. The van der Waals surface area contributed by atoms with Crippen LogP contribution >= 0.6 is 15.9 Å². The summed E-state index contributed by atoms with van der Waals surface area (Å²) in [5.74, 6) is -0.206. The van der Waals surface area contributed by atoms with Gasteiger partial charge in [0.15, 0.2) is 0 Å². The molecule has 9 heteroatoms. The third-order valence-electron chi connectivity index (χ3n) is 4.60. The topological polar surface area (TPSA) is 94.1 Å². The van der Waals surface area contributed by atoms with Crippen molar-refractivity contribution in [2.75, 3.05) is 44.5 Å². The SMILES string of the molecule is COc1cccc(N2C(=O)Nc3ccc(Br)cc3[C@]2(O)C(=O)NCCN(C)C)c1. The summed E-state index contributed by atoms with van der Waals surface area (Å²) in [6.45, 7) is 0.892. The molecular weight excluding hydrogens is 440 g/mol. The summed E-state index contributed by atoms with van der Waals surface area (Å²) in [7, 11) is 5.26. The van der Waals surface area contributed by atoms with Crippen LogP contribution in [0.2, 0.25) is 0 Å². The third kappa shape index (κ3) is 4.07. The lowest BCUT2D eigenvalue weighted by Gasteiger charge is -2.42. The van der Waals surface area contributed by atoms with Crippen molar-refractivity contribution in [3.63, 3.8) is 0 Å². The van der Waals surface area contributed by atoms with Gasteiger partial charge in [-0.15, -0.1) is 0 Å². The lowest BCUT2D eigenvalue weighted by Crippen LogP contribution is -2.63. The molecule has 0 radical (unpaired) electrons. The van der Waals surface area contributed by atoms with Crippen molar-refractivity contribution in [2.45, 2.75) is 5.72 Å². The van der Waals surface area contributed by atoms with E-state index in [0.717, 1.165) is 4.90 Å². The molecule has 3 amide bonds. The first-order valence-corrected chi connectivity index (χ1v) is 9.77. The summed E-state index contributed by atoms with van der Waals surface area (Å²) >= 11 is 3.38. The van der Waals surface area contributed by atoms with Crippen LogP contribution in [-0.2, 0) is 10.5 Å². The van der Waals surface area contributed by atoms with Crippen LogP contribution < -0.4 is 20.3 Å². The normalized spacial score (nSPS) is 18.3. The minimum atomic E-state index is -2.25. The van der Waals surface area contributed by atoms with Crippen LogP contribution in [0.5, 0.6) is 5.75 Å². The molecule has 1 aliphatic heterocycles. The van der Waals surface area contributed by atoms with Gasteiger partial charge in [0, 0.05) is 29.2 Å². The number of nitrogens with one attached hydrogen (secondary N) is 2. The fourth-order valence-electron chi connectivity index (χ4n) is 3.15. The molecule has 1 atom stereocenters. The number of hydrogen-bond acceptors (Lipinski definition) is 5. The maximum atomic E-state index is 13.2. The van der Waals surface area contributed by atoms with Crippen molar-refractivity contribution in [1.82, 2.24) is 10.2 Å². The maximum Gasteiger partial charge on any atom is 0.329 e. The Morgan fingerprint density at radius 1 is 1.31 bits per heavy atom. The van der Waals surface area contributed by atoms with Crippen molar-refractivity contribution in [1.29, 1.82) is 0 Å². The van der Waals surface area contributed by atoms with Crippen LogP contribution in [0.1, 0.15) is 5.56 Å². The second-order valence-electron chi connectivity index (χ2n) is 6.89. The summed E-state index contributed by atoms with van der Waals surface area (Å²) in [6, 6.07) is 11.0. The molecule has 0 saturated carbocycles. The van der Waals surface area contributed by atoms with E-state index in [-0.39, 0.29) is 5.56 Å². The highest BCUT2D eigenvalue weighted by atomic mass is 79.9. The lowest BCUT2D eigenvalue weighted by molar-refractivity contribution is -0.140. The zero-order chi connectivity index (χ0) is 21.2. The van der Waals surface area contributed by atoms with E-state index in [1.807, 2.05) is 19.0 Å². The number of amides is 3. The van der Waals surface area contributed by atoms with Crippen LogP contribution in [0.25, 0.3) is 0 Å². The maximum absolute atomic E-state index is 13.2. The van der Waals surface area contributed by atoms with Gasteiger partial charge >= 0.3 is 6.03 Å². The first-order valence-electron chi connectivity index (χ1n) is 8.98. The van der Waals surface area contributed by atoms with Gasteiger partial charge < -0.3 is 25.4 Å². The molecule has 0 saturated heterocycles. The molecule has 0 spiro atoms. The van der Waals surface area contributed by atoms with E-state index in [9.17, 15) is 14.7 Å².